The number of rotatable bonds is 6. The summed E-state index contributed by atoms with van der Waals surface area (Å²) in [7, 11) is -3.62. The molecule has 3 rings (SSSR count). The Hall–Kier alpha value is -2.38. The summed E-state index contributed by atoms with van der Waals surface area (Å²) < 4.78 is 28.7. The van der Waals surface area contributed by atoms with Crippen molar-refractivity contribution in [1.29, 1.82) is 0 Å². The lowest BCUT2D eigenvalue weighted by Crippen LogP contribution is -2.35. The van der Waals surface area contributed by atoms with E-state index < -0.39 is 16.0 Å². The lowest BCUT2D eigenvalue weighted by Gasteiger charge is -2.17. The van der Waals surface area contributed by atoms with Crippen LogP contribution in [0.25, 0.3) is 0 Å². The highest BCUT2D eigenvalue weighted by atomic mass is 32.2. The fourth-order valence-electron chi connectivity index (χ4n) is 3.32. The molecule has 1 N–H and O–H groups in total. The number of benzene rings is 2. The molecule has 27 heavy (non-hydrogen) atoms. The average molecular weight is 389 g/mol. The van der Waals surface area contributed by atoms with Crippen molar-refractivity contribution in [2.45, 2.75) is 50.5 Å². The first-order valence-electron chi connectivity index (χ1n) is 8.84. The van der Waals surface area contributed by atoms with E-state index in [0.29, 0.717) is 23.5 Å². The van der Waals surface area contributed by atoms with Crippen LogP contribution in [0.15, 0.2) is 47.4 Å². The van der Waals surface area contributed by atoms with Crippen molar-refractivity contribution < 1.29 is 23.0 Å². The minimum Gasteiger partial charge on any atom is -0.287 e. The van der Waals surface area contributed by atoms with E-state index in [1.54, 1.807) is 24.3 Å². The number of fused-ring (bicyclic) bond motifs is 1. The minimum absolute atomic E-state index is 0.111. The molecule has 0 heterocycles. The minimum atomic E-state index is -3.62. The number of sulfonamides is 1. The molecule has 1 aliphatic carbocycles. The molecule has 0 bridgehead atoms. The van der Waals surface area contributed by atoms with Crippen LogP contribution >= 0.6 is 0 Å². The standard InChI is InChI=1S/C20H23NO5S/c1-13(2)19-6-4-5-7-20(19)27(23,24)21-17-10-15-8-9-18(12-16(15)11-17)26-25-14(3)22/h4-9,12-13,17,21H,10-11H2,1-3H3. The van der Waals surface area contributed by atoms with E-state index in [4.69, 9.17) is 4.89 Å². The van der Waals surface area contributed by atoms with E-state index in [-0.39, 0.29) is 12.0 Å². The van der Waals surface area contributed by atoms with Crippen molar-refractivity contribution in [3.8, 4) is 5.75 Å². The Balaban J connectivity index is 1.74. The van der Waals surface area contributed by atoms with Gasteiger partial charge < -0.3 is 0 Å². The summed E-state index contributed by atoms with van der Waals surface area (Å²) in [6.45, 7) is 5.21. The Morgan fingerprint density at radius 1 is 1.11 bits per heavy atom. The normalized spacial score (nSPS) is 16.2. The SMILES string of the molecule is CC(=O)OOc1ccc2c(c1)CC(NS(=O)(=O)c1ccccc1C(C)C)C2. The summed E-state index contributed by atoms with van der Waals surface area (Å²) in [5.41, 5.74) is 2.83. The second-order valence-electron chi connectivity index (χ2n) is 7.01. The van der Waals surface area contributed by atoms with Gasteiger partial charge in [-0.25, -0.2) is 17.9 Å². The van der Waals surface area contributed by atoms with Crippen LogP contribution < -0.4 is 9.61 Å². The molecule has 6 nitrogen and oxygen atoms in total. The van der Waals surface area contributed by atoms with E-state index in [1.807, 2.05) is 32.0 Å². The molecule has 0 spiro atoms. The summed E-state index contributed by atoms with van der Waals surface area (Å²) in [5.74, 6) is -0.0119. The lowest BCUT2D eigenvalue weighted by molar-refractivity contribution is -0.210. The Bertz CT molecular complexity index is 953. The Morgan fingerprint density at radius 2 is 1.81 bits per heavy atom. The molecule has 0 fully saturated rings. The second-order valence-corrected chi connectivity index (χ2v) is 8.69. The molecular weight excluding hydrogens is 366 g/mol. The first kappa shape index (κ1) is 19.4. The number of hydrogen-bond acceptors (Lipinski definition) is 5. The third-order valence-corrected chi connectivity index (χ3v) is 6.11. The van der Waals surface area contributed by atoms with Crippen LogP contribution in [-0.2, 0) is 32.5 Å². The average Bonchev–Trinajstić information content (AvgIpc) is 3.00. The molecule has 2 aromatic carbocycles. The third kappa shape index (κ3) is 4.48. The summed E-state index contributed by atoms with van der Waals surface area (Å²) in [5, 5.41) is 0. The Morgan fingerprint density at radius 3 is 2.52 bits per heavy atom. The van der Waals surface area contributed by atoms with E-state index in [1.165, 1.54) is 6.92 Å². The number of hydrogen-bond donors (Lipinski definition) is 1. The maximum atomic E-state index is 12.9. The predicted molar refractivity (Wildman–Crippen MR) is 101 cm³/mol. The van der Waals surface area contributed by atoms with Crippen molar-refractivity contribution in [2.24, 2.45) is 0 Å². The first-order chi connectivity index (χ1) is 12.8. The van der Waals surface area contributed by atoms with E-state index in [2.05, 4.69) is 9.61 Å². The summed E-state index contributed by atoms with van der Waals surface area (Å²) >= 11 is 0. The fraction of sp³-hybridized carbons (Fsp3) is 0.350. The van der Waals surface area contributed by atoms with Crippen LogP contribution in [0.3, 0.4) is 0 Å². The second kappa shape index (κ2) is 7.70. The van der Waals surface area contributed by atoms with Crippen LogP contribution in [0.4, 0.5) is 0 Å². The van der Waals surface area contributed by atoms with Gasteiger partial charge in [-0.05, 0) is 53.6 Å². The van der Waals surface area contributed by atoms with Crippen LogP contribution in [0.5, 0.6) is 5.75 Å². The maximum absolute atomic E-state index is 12.9. The molecule has 1 aliphatic rings. The molecule has 0 saturated carbocycles. The molecule has 0 saturated heterocycles. The van der Waals surface area contributed by atoms with Gasteiger partial charge in [-0.3, -0.25) is 9.78 Å². The van der Waals surface area contributed by atoms with Crippen LogP contribution in [0, 0.1) is 0 Å². The van der Waals surface area contributed by atoms with Gasteiger partial charge in [0.05, 0.1) is 4.90 Å². The van der Waals surface area contributed by atoms with E-state index >= 15 is 0 Å². The van der Waals surface area contributed by atoms with Crippen LogP contribution in [0.1, 0.15) is 43.4 Å². The first-order valence-corrected chi connectivity index (χ1v) is 10.3. The maximum Gasteiger partial charge on any atom is 0.352 e. The molecule has 2 aromatic rings. The monoisotopic (exact) mass is 389 g/mol. The predicted octanol–water partition coefficient (Wildman–Crippen LogP) is 3.11. The van der Waals surface area contributed by atoms with Gasteiger partial charge in [0.25, 0.3) is 0 Å². The summed E-state index contributed by atoms with van der Waals surface area (Å²) in [4.78, 5) is 20.7. The quantitative estimate of drug-likeness (QED) is 0.606. The molecule has 0 aromatic heterocycles. The molecule has 1 atom stereocenters. The Labute approximate surface area is 159 Å². The Kier molecular flexibility index (Phi) is 5.53. The zero-order valence-corrected chi connectivity index (χ0v) is 16.4. The number of carbonyl (C=O) groups is 1. The van der Waals surface area contributed by atoms with Crippen molar-refractivity contribution >= 4 is 16.0 Å². The van der Waals surface area contributed by atoms with Crippen molar-refractivity contribution in [1.82, 2.24) is 4.72 Å². The van der Waals surface area contributed by atoms with E-state index in [9.17, 15) is 13.2 Å². The fourth-order valence-corrected chi connectivity index (χ4v) is 4.93. The number of carbonyl (C=O) groups excluding carboxylic acids is 1. The molecular formula is C20H23NO5S. The molecule has 7 heteroatoms. The topological polar surface area (TPSA) is 81.7 Å². The van der Waals surface area contributed by atoms with Gasteiger partial charge >= 0.3 is 5.97 Å². The van der Waals surface area contributed by atoms with Gasteiger partial charge in [-0.15, -0.1) is 0 Å². The van der Waals surface area contributed by atoms with Crippen molar-refractivity contribution in [2.75, 3.05) is 0 Å². The van der Waals surface area contributed by atoms with Crippen molar-refractivity contribution in [3.05, 3.63) is 59.2 Å². The third-order valence-electron chi connectivity index (χ3n) is 4.52. The van der Waals surface area contributed by atoms with Gasteiger partial charge in [-0.1, -0.05) is 38.1 Å². The smallest absolute Gasteiger partial charge is 0.287 e. The highest BCUT2D eigenvalue weighted by Crippen LogP contribution is 2.29. The van der Waals surface area contributed by atoms with Gasteiger partial charge in [-0.2, -0.15) is 0 Å². The highest BCUT2D eigenvalue weighted by molar-refractivity contribution is 7.89. The van der Waals surface area contributed by atoms with Gasteiger partial charge in [0.1, 0.15) is 0 Å². The van der Waals surface area contributed by atoms with Crippen LogP contribution in [-0.4, -0.2) is 20.4 Å². The van der Waals surface area contributed by atoms with Crippen molar-refractivity contribution in [3.63, 3.8) is 0 Å². The number of nitrogens with one attached hydrogen (secondary N) is 1. The summed E-state index contributed by atoms with van der Waals surface area (Å²) in [6, 6.07) is 12.2. The van der Waals surface area contributed by atoms with Crippen LogP contribution in [0.2, 0.25) is 0 Å². The van der Waals surface area contributed by atoms with E-state index in [0.717, 1.165) is 16.7 Å². The zero-order valence-electron chi connectivity index (χ0n) is 15.6. The van der Waals surface area contributed by atoms with Gasteiger partial charge in [0, 0.05) is 13.0 Å². The molecule has 1 unspecified atom stereocenters. The molecule has 0 radical (unpaired) electrons. The molecule has 144 valence electrons. The van der Waals surface area contributed by atoms with Gasteiger partial charge in [0.15, 0.2) is 5.75 Å². The largest absolute Gasteiger partial charge is 0.352 e. The molecule has 0 amide bonds. The summed E-state index contributed by atoms with van der Waals surface area (Å²) in [6.07, 6.45) is 1.15. The lowest BCUT2D eigenvalue weighted by atomic mass is 10.0. The zero-order chi connectivity index (χ0) is 19.6. The molecule has 0 aliphatic heterocycles. The highest BCUT2D eigenvalue weighted by Gasteiger charge is 2.28. The van der Waals surface area contributed by atoms with Gasteiger partial charge in [0.2, 0.25) is 10.0 Å².